The van der Waals surface area contributed by atoms with Crippen LogP contribution >= 0.6 is 0 Å². The first kappa shape index (κ1) is 14.4. The molecule has 6 nitrogen and oxygen atoms in total. The predicted molar refractivity (Wildman–Crippen MR) is 53.2 cm³/mol. The first-order valence-electron chi connectivity index (χ1n) is 5.09. The van der Waals surface area contributed by atoms with E-state index in [-0.39, 0.29) is 18.8 Å². The van der Waals surface area contributed by atoms with Crippen LogP contribution in [0.15, 0.2) is 0 Å². The molecule has 0 atom stereocenters. The van der Waals surface area contributed by atoms with E-state index in [1.807, 2.05) is 0 Å². The molecule has 0 aliphatic rings. The van der Waals surface area contributed by atoms with Gasteiger partial charge in [-0.25, -0.2) is 9.48 Å². The zero-order chi connectivity index (χ0) is 13.8. The first-order chi connectivity index (χ1) is 8.31. The van der Waals surface area contributed by atoms with E-state index in [1.165, 1.54) is 11.6 Å². The second-order valence-electron chi connectivity index (χ2n) is 3.57. The summed E-state index contributed by atoms with van der Waals surface area (Å²) in [7, 11) is 0. The molecule has 18 heavy (non-hydrogen) atoms. The van der Waals surface area contributed by atoms with Crippen molar-refractivity contribution >= 4 is 5.97 Å². The number of halogens is 3. The second-order valence-corrected chi connectivity index (χ2v) is 3.57. The summed E-state index contributed by atoms with van der Waals surface area (Å²) >= 11 is 0. The highest BCUT2D eigenvalue weighted by Crippen LogP contribution is 2.14. The number of aryl methyl sites for hydroxylation is 1. The molecule has 0 spiro atoms. The number of aromatic nitrogens is 3. The number of nitrogens with zero attached hydrogens (tertiary/aromatic N) is 3. The van der Waals surface area contributed by atoms with Crippen molar-refractivity contribution in [2.45, 2.75) is 26.1 Å². The van der Waals surface area contributed by atoms with E-state index in [9.17, 15) is 18.0 Å². The van der Waals surface area contributed by atoms with Gasteiger partial charge >= 0.3 is 12.1 Å². The van der Waals surface area contributed by atoms with Crippen molar-refractivity contribution in [2.75, 3.05) is 13.2 Å². The second kappa shape index (κ2) is 5.80. The standard InChI is InChI=1S/C9H12F3N3O3/c1-6-7(8(16)17)13-14-15(6)3-2-4-18-5-9(10,11)12/h2-5H2,1H3,(H,16,17). The molecule has 1 heterocycles. The van der Waals surface area contributed by atoms with Crippen molar-refractivity contribution in [2.24, 2.45) is 0 Å². The minimum Gasteiger partial charge on any atom is -0.476 e. The highest BCUT2D eigenvalue weighted by molar-refractivity contribution is 5.86. The fraction of sp³-hybridized carbons (Fsp3) is 0.667. The number of rotatable bonds is 6. The molecule has 9 heteroatoms. The average molecular weight is 267 g/mol. The van der Waals surface area contributed by atoms with Crippen LogP contribution in [0.1, 0.15) is 22.6 Å². The van der Waals surface area contributed by atoms with Gasteiger partial charge in [0.2, 0.25) is 0 Å². The van der Waals surface area contributed by atoms with Crippen molar-refractivity contribution in [3.63, 3.8) is 0 Å². The van der Waals surface area contributed by atoms with Crippen LogP contribution < -0.4 is 0 Å². The summed E-state index contributed by atoms with van der Waals surface area (Å²) in [5.41, 5.74) is 0.199. The highest BCUT2D eigenvalue weighted by Gasteiger charge is 2.27. The summed E-state index contributed by atoms with van der Waals surface area (Å²) in [4.78, 5) is 10.7. The Kier molecular flexibility index (Phi) is 4.65. The van der Waals surface area contributed by atoms with Crippen molar-refractivity contribution in [3.05, 3.63) is 11.4 Å². The predicted octanol–water partition coefficient (Wildman–Crippen LogP) is 1.25. The Morgan fingerprint density at radius 1 is 1.50 bits per heavy atom. The van der Waals surface area contributed by atoms with Gasteiger partial charge in [0.25, 0.3) is 0 Å². The van der Waals surface area contributed by atoms with Gasteiger partial charge in [-0.05, 0) is 13.3 Å². The first-order valence-corrected chi connectivity index (χ1v) is 5.09. The number of carboxylic acid groups (broad SMARTS) is 1. The smallest absolute Gasteiger partial charge is 0.411 e. The Labute approximate surface area is 100 Å². The molecule has 0 unspecified atom stereocenters. The van der Waals surface area contributed by atoms with Gasteiger partial charge in [0.05, 0.1) is 5.69 Å². The van der Waals surface area contributed by atoms with Gasteiger partial charge in [0.15, 0.2) is 5.69 Å². The molecule has 102 valence electrons. The molecule has 1 N–H and O–H groups in total. The largest absolute Gasteiger partial charge is 0.476 e. The zero-order valence-corrected chi connectivity index (χ0v) is 9.57. The maximum atomic E-state index is 11.7. The molecule has 0 aliphatic carbocycles. The van der Waals surface area contributed by atoms with E-state index in [2.05, 4.69) is 15.0 Å². The third-order valence-electron chi connectivity index (χ3n) is 2.11. The van der Waals surface area contributed by atoms with Gasteiger partial charge in [-0.3, -0.25) is 0 Å². The molecule has 1 aromatic heterocycles. The number of hydrogen-bond donors (Lipinski definition) is 1. The lowest BCUT2D eigenvalue weighted by Crippen LogP contribution is -2.18. The molecule has 0 saturated carbocycles. The molecule has 0 aliphatic heterocycles. The third kappa shape index (κ3) is 4.32. The lowest BCUT2D eigenvalue weighted by Gasteiger charge is -2.07. The molecule has 0 fully saturated rings. The minimum atomic E-state index is -4.33. The van der Waals surface area contributed by atoms with Crippen molar-refractivity contribution in [1.82, 2.24) is 15.0 Å². The number of carbonyl (C=O) groups is 1. The van der Waals surface area contributed by atoms with Crippen molar-refractivity contribution < 1.29 is 27.8 Å². The summed E-state index contributed by atoms with van der Waals surface area (Å²) in [5.74, 6) is -1.19. The van der Waals surface area contributed by atoms with Crippen molar-refractivity contribution in [1.29, 1.82) is 0 Å². The summed E-state index contributed by atoms with van der Waals surface area (Å²) in [6.07, 6.45) is -4.04. The summed E-state index contributed by atoms with van der Waals surface area (Å²) in [5, 5.41) is 15.8. The quantitative estimate of drug-likeness (QED) is 0.785. The summed E-state index contributed by atoms with van der Waals surface area (Å²) < 4.78 is 41.0. The van der Waals surface area contributed by atoms with Gasteiger partial charge in [-0.1, -0.05) is 5.21 Å². The maximum absolute atomic E-state index is 11.7. The Bertz CT molecular complexity index is 417. The molecule has 0 amide bonds. The van der Waals surface area contributed by atoms with Crippen LogP contribution in [0.2, 0.25) is 0 Å². The van der Waals surface area contributed by atoms with E-state index in [0.717, 1.165) is 0 Å². The van der Waals surface area contributed by atoms with Crippen LogP contribution in [0.25, 0.3) is 0 Å². The van der Waals surface area contributed by atoms with E-state index >= 15 is 0 Å². The van der Waals surface area contributed by atoms with E-state index in [1.54, 1.807) is 0 Å². The number of aromatic carboxylic acids is 1. The Morgan fingerprint density at radius 3 is 2.67 bits per heavy atom. The molecule has 1 rings (SSSR count). The van der Waals surface area contributed by atoms with Gasteiger partial charge in [-0.2, -0.15) is 13.2 Å². The molecular formula is C9H12F3N3O3. The molecular weight excluding hydrogens is 255 g/mol. The Balaban J connectivity index is 2.34. The molecule has 0 radical (unpaired) electrons. The topological polar surface area (TPSA) is 77.2 Å². The molecule has 0 aromatic carbocycles. The normalized spacial score (nSPS) is 11.8. The Morgan fingerprint density at radius 2 is 2.17 bits per heavy atom. The Hall–Kier alpha value is -1.64. The van der Waals surface area contributed by atoms with Crippen molar-refractivity contribution in [3.8, 4) is 0 Å². The van der Waals surface area contributed by atoms with Crippen LogP contribution in [0.4, 0.5) is 13.2 Å². The van der Waals surface area contributed by atoms with Gasteiger partial charge in [0, 0.05) is 13.2 Å². The molecule has 1 aromatic rings. The van der Waals surface area contributed by atoms with Gasteiger partial charge in [0.1, 0.15) is 6.61 Å². The van der Waals surface area contributed by atoms with E-state index in [4.69, 9.17) is 5.11 Å². The number of ether oxygens (including phenoxy) is 1. The van der Waals surface area contributed by atoms with Crippen LogP contribution in [-0.4, -0.2) is 45.5 Å². The lowest BCUT2D eigenvalue weighted by molar-refractivity contribution is -0.174. The summed E-state index contributed by atoms with van der Waals surface area (Å²) in [6.45, 7) is 0.412. The number of carboxylic acids is 1. The van der Waals surface area contributed by atoms with E-state index < -0.39 is 18.8 Å². The maximum Gasteiger partial charge on any atom is 0.411 e. The average Bonchev–Trinajstić information content (AvgIpc) is 2.58. The molecule has 0 saturated heterocycles. The SMILES string of the molecule is Cc1c(C(=O)O)nnn1CCCOCC(F)(F)F. The van der Waals surface area contributed by atoms with Gasteiger partial charge in [-0.15, -0.1) is 5.10 Å². The number of alkyl halides is 3. The molecule has 0 bridgehead atoms. The van der Waals surface area contributed by atoms with E-state index in [0.29, 0.717) is 12.1 Å². The highest BCUT2D eigenvalue weighted by atomic mass is 19.4. The summed E-state index contributed by atoms with van der Waals surface area (Å²) in [6, 6.07) is 0. The lowest BCUT2D eigenvalue weighted by atomic mass is 10.3. The monoisotopic (exact) mass is 267 g/mol. The number of hydrogen-bond acceptors (Lipinski definition) is 4. The van der Waals surface area contributed by atoms with Crippen LogP contribution in [0, 0.1) is 6.92 Å². The van der Waals surface area contributed by atoms with Crippen LogP contribution in [0.5, 0.6) is 0 Å². The fourth-order valence-electron chi connectivity index (χ4n) is 1.27. The third-order valence-corrected chi connectivity index (χ3v) is 2.11. The van der Waals surface area contributed by atoms with Gasteiger partial charge < -0.3 is 9.84 Å². The van der Waals surface area contributed by atoms with Crippen LogP contribution in [0.3, 0.4) is 0 Å². The fourth-order valence-corrected chi connectivity index (χ4v) is 1.27. The minimum absolute atomic E-state index is 0.0821. The van der Waals surface area contributed by atoms with Crippen LogP contribution in [-0.2, 0) is 11.3 Å². The zero-order valence-electron chi connectivity index (χ0n) is 9.57.